The van der Waals surface area contributed by atoms with E-state index < -0.39 is 73.7 Å². The maximum atomic E-state index is 12.2. The first-order chi connectivity index (χ1) is 13.0. The highest BCUT2D eigenvalue weighted by Gasteiger charge is 2.44. The summed E-state index contributed by atoms with van der Waals surface area (Å²) in [5.74, 6) is -0.724. The van der Waals surface area contributed by atoms with Crippen LogP contribution in [0.5, 0.6) is 0 Å². The first-order valence-electron chi connectivity index (χ1n) is 7.74. The van der Waals surface area contributed by atoms with Crippen molar-refractivity contribution in [3.8, 4) is 0 Å². The minimum absolute atomic E-state index is 0.172. The molecule has 0 amide bonds. The lowest BCUT2D eigenvalue weighted by atomic mass is 10.3. The molecule has 28 heavy (non-hydrogen) atoms. The van der Waals surface area contributed by atoms with Gasteiger partial charge in [-0.25, -0.2) is 21.5 Å². The van der Waals surface area contributed by atoms with Crippen LogP contribution in [0, 0.1) is 0 Å². The average Bonchev–Trinajstić information content (AvgIpc) is 3.17. The third kappa shape index (κ3) is 6.31. The summed E-state index contributed by atoms with van der Waals surface area (Å²) in [4.78, 5) is 11.4. The van der Waals surface area contributed by atoms with Crippen LogP contribution in [0.25, 0.3) is 0 Å². The van der Waals surface area contributed by atoms with Gasteiger partial charge in [-0.1, -0.05) is 0 Å². The zero-order valence-electron chi connectivity index (χ0n) is 14.0. The molecule has 3 rings (SSSR count). The van der Waals surface area contributed by atoms with Crippen LogP contribution in [0.4, 0.5) is 4.79 Å². The summed E-state index contributed by atoms with van der Waals surface area (Å²) in [5.41, 5.74) is 0. The molecule has 3 fully saturated rings. The number of hydrogen-bond donors (Lipinski definition) is 0. The van der Waals surface area contributed by atoms with Crippen molar-refractivity contribution in [3.63, 3.8) is 0 Å². The Labute approximate surface area is 166 Å². The van der Waals surface area contributed by atoms with E-state index in [0.717, 1.165) is 0 Å². The van der Waals surface area contributed by atoms with Gasteiger partial charge in [-0.15, -0.1) is 0 Å². The lowest BCUT2D eigenvalue weighted by molar-refractivity contribution is 0.119. The Kier molecular flexibility index (Phi) is 7.00. The molecular weight excluding hydrogens is 468 g/mol. The zero-order chi connectivity index (χ0) is 20.5. The second kappa shape index (κ2) is 8.78. The smallest absolute Gasteiger partial charge is 0.509 e. The highest BCUT2D eigenvalue weighted by atomic mass is 32.3. The van der Waals surface area contributed by atoms with E-state index in [1.165, 1.54) is 0 Å². The molecule has 0 aromatic carbocycles. The molecule has 0 aliphatic carbocycles. The molecule has 0 saturated carbocycles. The number of carbonyl (C=O) groups is 1. The third-order valence-electron chi connectivity index (χ3n) is 3.66. The van der Waals surface area contributed by atoms with Gasteiger partial charge in [-0.05, 0) is 22.4 Å². The largest absolute Gasteiger partial charge is 0.616 e. The predicted octanol–water partition coefficient (Wildman–Crippen LogP) is -2.29. The summed E-state index contributed by atoms with van der Waals surface area (Å²) in [7, 11) is -8.15. The number of cyclic esters (lactones) is 2. The normalized spacial score (nSPS) is 36.0. The highest BCUT2D eigenvalue weighted by Crippen LogP contribution is 2.23. The topological polar surface area (TPSA) is 187 Å². The van der Waals surface area contributed by atoms with Gasteiger partial charge in [0.15, 0.2) is 12.2 Å². The van der Waals surface area contributed by atoms with Crippen LogP contribution in [0.3, 0.4) is 0 Å². The standard InChI is InChI=1S/C11H16O13S4/c12-11-21-9(5-25(13)3-7-1-19-27(15,16)23-7)10(22-11)6-26(14)4-8-2-20-28(17,18)24-8/h7-10H,1-6H2. The number of carbonyl (C=O) groups excluding carboxylic acids is 1. The van der Waals surface area contributed by atoms with Crippen LogP contribution >= 0.6 is 0 Å². The van der Waals surface area contributed by atoms with E-state index in [1.54, 1.807) is 0 Å². The predicted molar refractivity (Wildman–Crippen MR) is 90.4 cm³/mol. The van der Waals surface area contributed by atoms with E-state index in [4.69, 9.17) is 9.47 Å². The van der Waals surface area contributed by atoms with E-state index in [1.807, 2.05) is 0 Å². The number of hydrogen-bond acceptors (Lipinski definition) is 13. The van der Waals surface area contributed by atoms with Crippen molar-refractivity contribution in [3.05, 3.63) is 0 Å². The minimum Gasteiger partial charge on any atom is -0.616 e. The van der Waals surface area contributed by atoms with Crippen molar-refractivity contribution in [1.82, 2.24) is 0 Å². The summed E-state index contributed by atoms with van der Waals surface area (Å²) in [6.45, 7) is -0.538. The third-order valence-corrected chi connectivity index (χ3v) is 8.41. The Balaban J connectivity index is 1.47. The van der Waals surface area contributed by atoms with Gasteiger partial charge < -0.3 is 18.6 Å². The quantitative estimate of drug-likeness (QED) is 0.265. The zero-order valence-corrected chi connectivity index (χ0v) is 17.3. The van der Waals surface area contributed by atoms with Crippen molar-refractivity contribution < 1.29 is 56.9 Å². The summed E-state index contributed by atoms with van der Waals surface area (Å²) in [5, 5.41) is 0. The van der Waals surface area contributed by atoms with Gasteiger partial charge >= 0.3 is 27.0 Å². The van der Waals surface area contributed by atoms with Gasteiger partial charge in [0, 0.05) is 0 Å². The SMILES string of the molecule is O=C1OC(C[S+]([O-])CC2COS(=O)(=O)O2)C(C[S+]([O-])CC2COS(=O)(=O)O2)O1. The van der Waals surface area contributed by atoms with Crippen LogP contribution in [0.15, 0.2) is 0 Å². The Morgan fingerprint density at radius 3 is 1.50 bits per heavy atom. The van der Waals surface area contributed by atoms with Crippen LogP contribution < -0.4 is 0 Å². The fourth-order valence-corrected chi connectivity index (χ4v) is 7.10. The van der Waals surface area contributed by atoms with Crippen LogP contribution in [0.1, 0.15) is 0 Å². The Hall–Kier alpha value is -0.370. The molecule has 0 aromatic rings. The Morgan fingerprint density at radius 2 is 1.18 bits per heavy atom. The first-order valence-corrected chi connectivity index (χ1v) is 13.4. The molecule has 13 nitrogen and oxygen atoms in total. The average molecular weight is 485 g/mol. The maximum absolute atomic E-state index is 12.2. The van der Waals surface area contributed by atoms with Gasteiger partial charge in [0.05, 0.1) is 0 Å². The molecule has 0 N–H and O–H groups in total. The second-order valence-electron chi connectivity index (χ2n) is 5.93. The van der Waals surface area contributed by atoms with Crippen molar-refractivity contribution >= 4 is 49.3 Å². The van der Waals surface area contributed by atoms with Crippen LogP contribution in [-0.4, -0.2) is 92.7 Å². The van der Waals surface area contributed by atoms with E-state index in [0.29, 0.717) is 0 Å². The van der Waals surface area contributed by atoms with E-state index >= 15 is 0 Å². The maximum Gasteiger partial charge on any atom is 0.509 e. The highest BCUT2D eigenvalue weighted by molar-refractivity contribution is 7.92. The molecular formula is C11H16O13S4. The molecule has 3 heterocycles. The molecule has 17 heteroatoms. The summed E-state index contributed by atoms with van der Waals surface area (Å²) < 4.78 is 96.4. The molecule has 0 radical (unpaired) electrons. The van der Waals surface area contributed by atoms with Gasteiger partial charge in [-0.3, -0.25) is 0 Å². The molecule has 6 unspecified atom stereocenters. The monoisotopic (exact) mass is 484 g/mol. The molecule has 0 spiro atoms. The van der Waals surface area contributed by atoms with Gasteiger partial charge in [0.1, 0.15) is 48.4 Å². The molecule has 162 valence electrons. The van der Waals surface area contributed by atoms with Crippen LogP contribution in [0.2, 0.25) is 0 Å². The molecule has 0 aromatic heterocycles. The Bertz CT molecular complexity index is 718. The lowest BCUT2D eigenvalue weighted by Gasteiger charge is -2.20. The molecule has 0 bridgehead atoms. The van der Waals surface area contributed by atoms with Gasteiger partial charge in [-0.2, -0.15) is 16.8 Å². The summed E-state index contributed by atoms with van der Waals surface area (Å²) >= 11 is -3.29. The summed E-state index contributed by atoms with van der Waals surface area (Å²) in [6, 6.07) is 0. The second-order valence-corrected chi connectivity index (χ2v) is 11.5. The fourth-order valence-electron chi connectivity index (χ4n) is 2.54. The van der Waals surface area contributed by atoms with E-state index in [-0.39, 0.29) is 36.2 Å². The van der Waals surface area contributed by atoms with E-state index in [2.05, 4.69) is 16.7 Å². The molecule has 3 aliphatic heterocycles. The van der Waals surface area contributed by atoms with E-state index in [9.17, 15) is 30.7 Å². The molecule has 3 saturated heterocycles. The molecule has 3 aliphatic rings. The van der Waals surface area contributed by atoms with Gasteiger partial charge in [0.25, 0.3) is 0 Å². The number of ether oxygens (including phenoxy) is 2. The van der Waals surface area contributed by atoms with Crippen molar-refractivity contribution in [2.45, 2.75) is 24.4 Å². The van der Waals surface area contributed by atoms with Crippen molar-refractivity contribution in [2.24, 2.45) is 0 Å². The number of rotatable bonds is 8. The molecule has 6 atom stereocenters. The Morgan fingerprint density at radius 1 is 0.786 bits per heavy atom. The van der Waals surface area contributed by atoms with Crippen molar-refractivity contribution in [2.75, 3.05) is 36.2 Å². The fraction of sp³-hybridized carbons (Fsp3) is 0.909. The van der Waals surface area contributed by atoms with Crippen molar-refractivity contribution in [1.29, 1.82) is 0 Å². The lowest BCUT2D eigenvalue weighted by Crippen LogP contribution is -2.39. The summed E-state index contributed by atoms with van der Waals surface area (Å²) in [6.07, 6.45) is -4.80. The van der Waals surface area contributed by atoms with Crippen LogP contribution in [-0.2, 0) is 69.4 Å². The minimum atomic E-state index is -4.07. The first kappa shape index (κ1) is 22.3. The van der Waals surface area contributed by atoms with Gasteiger partial charge in [0.2, 0.25) is 0 Å².